The number of amides is 1. The lowest BCUT2D eigenvalue weighted by Crippen LogP contribution is -2.26. The SMILES string of the molecule is CNC(=O)C(C)Sc1sc(N)nc1C. The van der Waals surface area contributed by atoms with Gasteiger partial charge in [-0.2, -0.15) is 0 Å². The molecule has 0 aromatic carbocycles. The first-order valence-corrected chi connectivity index (χ1v) is 5.85. The van der Waals surface area contributed by atoms with Gasteiger partial charge in [-0.05, 0) is 13.8 Å². The molecule has 1 atom stereocenters. The Balaban J connectivity index is 2.69. The summed E-state index contributed by atoms with van der Waals surface area (Å²) in [5.41, 5.74) is 6.45. The zero-order chi connectivity index (χ0) is 10.7. The van der Waals surface area contributed by atoms with E-state index in [-0.39, 0.29) is 11.2 Å². The summed E-state index contributed by atoms with van der Waals surface area (Å²) < 4.78 is 1.01. The minimum atomic E-state index is -0.112. The van der Waals surface area contributed by atoms with Gasteiger partial charge in [-0.25, -0.2) is 4.98 Å². The Labute approximate surface area is 91.3 Å². The highest BCUT2D eigenvalue weighted by atomic mass is 32.2. The number of hydrogen-bond acceptors (Lipinski definition) is 5. The Morgan fingerprint density at radius 2 is 2.36 bits per heavy atom. The molecule has 0 aliphatic carbocycles. The molecule has 0 radical (unpaired) electrons. The van der Waals surface area contributed by atoms with Crippen molar-refractivity contribution in [2.75, 3.05) is 12.8 Å². The van der Waals surface area contributed by atoms with Gasteiger partial charge in [0.25, 0.3) is 0 Å². The summed E-state index contributed by atoms with van der Waals surface area (Å²) in [5.74, 6) is 0.0152. The third-order valence-corrected chi connectivity index (χ3v) is 4.07. The number of nitrogens with two attached hydrogens (primary N) is 1. The summed E-state index contributed by atoms with van der Waals surface area (Å²) in [5, 5.41) is 3.04. The average Bonchev–Trinajstić information content (AvgIpc) is 2.44. The van der Waals surface area contributed by atoms with Crippen LogP contribution in [-0.4, -0.2) is 23.2 Å². The molecule has 6 heteroatoms. The van der Waals surface area contributed by atoms with Crippen LogP contribution in [0.2, 0.25) is 0 Å². The molecule has 0 aliphatic heterocycles. The summed E-state index contributed by atoms with van der Waals surface area (Å²) in [6.45, 7) is 3.75. The molecule has 0 spiro atoms. The molecule has 3 N–H and O–H groups in total. The number of carbonyl (C=O) groups excluding carboxylic acids is 1. The molecule has 0 fully saturated rings. The third kappa shape index (κ3) is 2.62. The smallest absolute Gasteiger partial charge is 0.232 e. The number of aryl methyl sites for hydroxylation is 1. The number of nitrogen functional groups attached to an aromatic ring is 1. The van der Waals surface area contributed by atoms with Crippen LogP contribution in [0, 0.1) is 6.92 Å². The molecule has 1 unspecified atom stereocenters. The molecule has 1 amide bonds. The summed E-state index contributed by atoms with van der Waals surface area (Å²) >= 11 is 2.91. The van der Waals surface area contributed by atoms with Crippen molar-refractivity contribution in [1.29, 1.82) is 0 Å². The van der Waals surface area contributed by atoms with Crippen molar-refractivity contribution in [2.24, 2.45) is 0 Å². The Morgan fingerprint density at radius 1 is 1.71 bits per heavy atom. The van der Waals surface area contributed by atoms with Crippen LogP contribution < -0.4 is 11.1 Å². The highest BCUT2D eigenvalue weighted by Gasteiger charge is 2.15. The standard InChI is InChI=1S/C8H13N3OS2/c1-4-7(14-8(9)11-4)13-5(2)6(12)10-3/h5H,1-3H3,(H2,9,11)(H,10,12). The number of nitrogens with zero attached hydrogens (tertiary/aromatic N) is 1. The minimum absolute atomic E-state index is 0.0152. The van der Waals surface area contributed by atoms with Crippen molar-refractivity contribution in [3.63, 3.8) is 0 Å². The lowest BCUT2D eigenvalue weighted by atomic mass is 10.4. The highest BCUT2D eigenvalue weighted by Crippen LogP contribution is 2.33. The molecule has 1 aromatic heterocycles. The second kappa shape index (κ2) is 4.65. The monoisotopic (exact) mass is 231 g/mol. The Bertz CT molecular complexity index is 337. The number of thioether (sulfide) groups is 1. The van der Waals surface area contributed by atoms with E-state index in [1.54, 1.807) is 7.05 Å². The quantitative estimate of drug-likeness (QED) is 0.769. The van der Waals surface area contributed by atoms with Gasteiger partial charge in [0.1, 0.15) is 0 Å². The van der Waals surface area contributed by atoms with Gasteiger partial charge < -0.3 is 11.1 Å². The summed E-state index contributed by atoms with van der Waals surface area (Å²) in [6, 6.07) is 0. The average molecular weight is 231 g/mol. The predicted molar refractivity (Wildman–Crippen MR) is 60.6 cm³/mol. The van der Waals surface area contributed by atoms with Gasteiger partial charge in [-0.3, -0.25) is 4.79 Å². The van der Waals surface area contributed by atoms with E-state index in [1.165, 1.54) is 23.1 Å². The van der Waals surface area contributed by atoms with Crippen molar-refractivity contribution in [2.45, 2.75) is 23.3 Å². The van der Waals surface area contributed by atoms with Crippen molar-refractivity contribution in [3.8, 4) is 0 Å². The van der Waals surface area contributed by atoms with Gasteiger partial charge in [-0.15, -0.1) is 11.8 Å². The maximum absolute atomic E-state index is 11.3. The van der Waals surface area contributed by atoms with E-state index in [9.17, 15) is 4.79 Å². The lowest BCUT2D eigenvalue weighted by Gasteiger charge is -2.07. The van der Waals surface area contributed by atoms with Crippen LogP contribution in [0.1, 0.15) is 12.6 Å². The molecule has 0 saturated heterocycles. The van der Waals surface area contributed by atoms with Crippen LogP contribution in [0.3, 0.4) is 0 Å². The zero-order valence-electron chi connectivity index (χ0n) is 8.33. The van der Waals surface area contributed by atoms with Gasteiger partial charge in [0, 0.05) is 7.05 Å². The van der Waals surface area contributed by atoms with Gasteiger partial charge in [-0.1, -0.05) is 11.3 Å². The first-order valence-electron chi connectivity index (χ1n) is 4.15. The summed E-state index contributed by atoms with van der Waals surface area (Å²) in [7, 11) is 1.63. The second-order valence-corrected chi connectivity index (χ2v) is 5.44. The summed E-state index contributed by atoms with van der Waals surface area (Å²) in [4.78, 5) is 15.3. The molecule has 1 heterocycles. The fourth-order valence-electron chi connectivity index (χ4n) is 0.929. The molecular formula is C8H13N3OS2. The molecule has 4 nitrogen and oxygen atoms in total. The fourth-order valence-corrected chi connectivity index (χ4v) is 3.14. The first-order chi connectivity index (χ1) is 6.54. The summed E-state index contributed by atoms with van der Waals surface area (Å²) in [6.07, 6.45) is 0. The van der Waals surface area contributed by atoms with Crippen LogP contribution in [0.5, 0.6) is 0 Å². The van der Waals surface area contributed by atoms with Crippen LogP contribution in [0.25, 0.3) is 0 Å². The number of anilines is 1. The number of nitrogens with one attached hydrogen (secondary N) is 1. The van der Waals surface area contributed by atoms with Crippen molar-refractivity contribution in [1.82, 2.24) is 10.3 Å². The molecule has 0 aliphatic rings. The molecule has 0 bridgehead atoms. The number of hydrogen-bond donors (Lipinski definition) is 2. The van der Waals surface area contributed by atoms with E-state index in [0.29, 0.717) is 5.13 Å². The maximum atomic E-state index is 11.3. The van der Waals surface area contributed by atoms with Crippen molar-refractivity contribution < 1.29 is 4.79 Å². The largest absolute Gasteiger partial charge is 0.375 e. The van der Waals surface area contributed by atoms with Crippen molar-refractivity contribution >= 4 is 34.1 Å². The molecule has 0 saturated carbocycles. The van der Waals surface area contributed by atoms with Crippen LogP contribution >= 0.6 is 23.1 Å². The van der Waals surface area contributed by atoms with Gasteiger partial charge in [0.2, 0.25) is 5.91 Å². The Kier molecular flexibility index (Phi) is 3.77. The number of aromatic nitrogens is 1. The number of carbonyl (C=O) groups is 1. The van der Waals surface area contributed by atoms with E-state index < -0.39 is 0 Å². The van der Waals surface area contributed by atoms with Gasteiger partial charge in [0.05, 0.1) is 15.2 Å². The van der Waals surface area contributed by atoms with Crippen LogP contribution in [0.4, 0.5) is 5.13 Å². The normalized spacial score (nSPS) is 12.5. The van der Waals surface area contributed by atoms with E-state index in [4.69, 9.17) is 5.73 Å². The Morgan fingerprint density at radius 3 is 2.79 bits per heavy atom. The van der Waals surface area contributed by atoms with E-state index >= 15 is 0 Å². The number of rotatable bonds is 3. The van der Waals surface area contributed by atoms with Crippen LogP contribution in [0.15, 0.2) is 4.21 Å². The van der Waals surface area contributed by atoms with Crippen molar-refractivity contribution in [3.05, 3.63) is 5.69 Å². The molecular weight excluding hydrogens is 218 g/mol. The minimum Gasteiger partial charge on any atom is -0.375 e. The lowest BCUT2D eigenvalue weighted by molar-refractivity contribution is -0.119. The van der Waals surface area contributed by atoms with E-state index in [0.717, 1.165) is 9.90 Å². The zero-order valence-corrected chi connectivity index (χ0v) is 9.96. The molecule has 78 valence electrons. The molecule has 1 aromatic rings. The van der Waals surface area contributed by atoms with E-state index in [2.05, 4.69) is 10.3 Å². The highest BCUT2D eigenvalue weighted by molar-refractivity contribution is 8.02. The van der Waals surface area contributed by atoms with Gasteiger partial charge in [0.15, 0.2) is 5.13 Å². The Hall–Kier alpha value is -0.750. The first kappa shape index (κ1) is 11.3. The molecule has 14 heavy (non-hydrogen) atoms. The van der Waals surface area contributed by atoms with Gasteiger partial charge >= 0.3 is 0 Å². The van der Waals surface area contributed by atoms with Crippen LogP contribution in [-0.2, 0) is 4.79 Å². The third-order valence-electron chi connectivity index (χ3n) is 1.67. The molecule has 1 rings (SSSR count). The number of thiazole rings is 1. The topological polar surface area (TPSA) is 68.0 Å². The van der Waals surface area contributed by atoms with E-state index in [1.807, 2.05) is 13.8 Å². The predicted octanol–water partition coefficient (Wildman–Crippen LogP) is 1.26. The second-order valence-electron chi connectivity index (χ2n) is 2.80. The maximum Gasteiger partial charge on any atom is 0.232 e. The fraction of sp³-hybridized carbons (Fsp3) is 0.500.